The Bertz CT molecular complexity index is 1010. The van der Waals surface area contributed by atoms with Crippen LogP contribution in [0.15, 0.2) is 24.4 Å². The smallest absolute Gasteiger partial charge is 0.338 e. The average molecular weight is 451 g/mol. The Morgan fingerprint density at radius 1 is 1.21 bits per heavy atom. The number of nitrogens with zero attached hydrogens (tertiary/aromatic N) is 5. The zero-order chi connectivity index (χ0) is 24.4. The molecule has 0 bridgehead atoms. The molecule has 0 radical (unpaired) electrons. The third kappa shape index (κ3) is 5.38. The molecule has 3 rings (SSSR count). The van der Waals surface area contributed by atoms with E-state index >= 15 is 0 Å². The molecule has 1 aromatic heterocycles. The molecular weight excluding hydrogens is 408 g/mol. The van der Waals surface area contributed by atoms with Gasteiger partial charge in [-0.15, -0.1) is 11.4 Å². The summed E-state index contributed by atoms with van der Waals surface area (Å²) in [6.45, 7) is 6.55. The summed E-state index contributed by atoms with van der Waals surface area (Å²) >= 11 is 0. The summed E-state index contributed by atoms with van der Waals surface area (Å²) in [4.78, 5) is 12.1. The molecule has 178 valence electrons. The van der Waals surface area contributed by atoms with E-state index in [0.717, 1.165) is 47.4 Å². The van der Waals surface area contributed by atoms with Gasteiger partial charge in [-0.1, -0.05) is 25.3 Å². The van der Waals surface area contributed by atoms with E-state index in [1.54, 1.807) is 0 Å². The maximum absolute atomic E-state index is 5.74. The molecule has 1 saturated heterocycles. The first-order chi connectivity index (χ1) is 15.5. The Labute approximate surface area is 200 Å². The van der Waals surface area contributed by atoms with Gasteiger partial charge in [-0.2, -0.15) is 4.98 Å². The van der Waals surface area contributed by atoms with Gasteiger partial charge < -0.3 is 10.2 Å². The van der Waals surface area contributed by atoms with Gasteiger partial charge in [-0.3, -0.25) is 4.48 Å². The highest BCUT2D eigenvalue weighted by atomic mass is 15.4. The summed E-state index contributed by atoms with van der Waals surface area (Å²) in [6.07, 6.45) is 11.6. The second-order valence-corrected chi connectivity index (χ2v) is 10.8. The molecule has 1 aliphatic rings. The number of aromatic nitrogens is 2. The molecular formula is C27H42N6+2. The van der Waals surface area contributed by atoms with Gasteiger partial charge in [-0.25, -0.2) is 4.48 Å². The second kappa shape index (κ2) is 9.80. The fraction of sp³-hybridized carbons (Fsp3) is 0.556. The van der Waals surface area contributed by atoms with E-state index < -0.39 is 0 Å². The summed E-state index contributed by atoms with van der Waals surface area (Å²) in [5, 5.41) is 3.73. The van der Waals surface area contributed by atoms with E-state index in [1.807, 2.05) is 13.1 Å². The van der Waals surface area contributed by atoms with E-state index in [0.29, 0.717) is 20.9 Å². The Kier molecular flexibility index (Phi) is 7.48. The molecule has 2 atom stereocenters. The first-order valence-corrected chi connectivity index (χ1v) is 12.0. The average Bonchev–Trinajstić information content (AvgIpc) is 2.79. The lowest BCUT2D eigenvalue weighted by Crippen LogP contribution is -2.51. The Morgan fingerprint density at radius 3 is 2.55 bits per heavy atom. The quantitative estimate of drug-likeness (QED) is 0.510. The maximum Gasteiger partial charge on any atom is 0.338 e. The van der Waals surface area contributed by atoms with Crippen LogP contribution >= 0.6 is 0 Å². The highest BCUT2D eigenvalue weighted by Gasteiger charge is 2.35. The molecule has 33 heavy (non-hydrogen) atoms. The number of aryl methyl sites for hydroxylation is 1. The summed E-state index contributed by atoms with van der Waals surface area (Å²) in [5.41, 5.74) is 4.14. The summed E-state index contributed by atoms with van der Waals surface area (Å²) in [6, 6.07) is 6.85. The Morgan fingerprint density at radius 2 is 1.94 bits per heavy atom. The van der Waals surface area contributed by atoms with E-state index in [2.05, 4.69) is 83.5 Å². The molecule has 1 fully saturated rings. The highest BCUT2D eigenvalue weighted by Crippen LogP contribution is 2.36. The number of terminal acetylenes is 1. The van der Waals surface area contributed by atoms with Crippen molar-refractivity contribution in [1.29, 1.82) is 0 Å². The van der Waals surface area contributed by atoms with Crippen LogP contribution in [0.4, 0.5) is 23.1 Å². The monoisotopic (exact) mass is 450 g/mol. The van der Waals surface area contributed by atoms with Crippen molar-refractivity contribution in [2.45, 2.75) is 39.2 Å². The van der Waals surface area contributed by atoms with Gasteiger partial charge in [0.05, 0.1) is 40.9 Å². The summed E-state index contributed by atoms with van der Waals surface area (Å²) in [7, 11) is 12.9. The topological polar surface area (TPSA) is 41.1 Å². The van der Waals surface area contributed by atoms with Crippen molar-refractivity contribution in [1.82, 2.24) is 24.3 Å². The number of benzene rings is 1. The van der Waals surface area contributed by atoms with Crippen LogP contribution in [0.25, 0.3) is 0 Å². The lowest BCUT2D eigenvalue weighted by Gasteiger charge is -2.37. The first kappa shape index (κ1) is 25.2. The molecule has 6 nitrogen and oxygen atoms in total. The summed E-state index contributed by atoms with van der Waals surface area (Å²) in [5.74, 6) is 5.16. The number of hydrogen-bond donors (Lipinski definition) is 1. The predicted octanol–water partition coefficient (Wildman–Crippen LogP) is 4.08. The van der Waals surface area contributed by atoms with Gasteiger partial charge >= 0.3 is 5.95 Å². The van der Waals surface area contributed by atoms with Gasteiger partial charge in [-0.05, 0) is 37.9 Å². The number of quaternary nitrogens is 2. The molecule has 1 aromatic carbocycles. The third-order valence-corrected chi connectivity index (χ3v) is 7.09. The zero-order valence-electron chi connectivity index (χ0n) is 21.8. The standard InChI is InChI=1S/C27H42N6/c1-10-22-17-23(15-14-20(22)2)33(8,9)27-29-18-25(31(4)5)26(30-27)32(6,7)19-21(3)24-13-11-12-16-28-24/h1,14-15,17-18,21,24,28H,11-13,16,19H2,2-9H3/q+2. The van der Waals surface area contributed by atoms with Crippen LogP contribution in [0.5, 0.6) is 0 Å². The third-order valence-electron chi connectivity index (χ3n) is 7.09. The largest absolute Gasteiger partial charge is 0.370 e. The van der Waals surface area contributed by atoms with Gasteiger partial charge in [0.2, 0.25) is 0 Å². The van der Waals surface area contributed by atoms with Crippen LogP contribution in [-0.2, 0) is 0 Å². The molecule has 0 amide bonds. The van der Waals surface area contributed by atoms with Gasteiger partial charge in [0.25, 0.3) is 5.82 Å². The number of nitrogens with one attached hydrogen (secondary N) is 1. The predicted molar refractivity (Wildman–Crippen MR) is 142 cm³/mol. The minimum Gasteiger partial charge on any atom is -0.370 e. The SMILES string of the molecule is C#Cc1cc([N+](C)(C)c2ncc(N(C)C)c([N+](C)(C)CC(C)C3CCCCN3)n2)ccc1C. The van der Waals surface area contributed by atoms with E-state index in [4.69, 9.17) is 16.4 Å². The van der Waals surface area contributed by atoms with Crippen molar-refractivity contribution in [2.75, 3.05) is 60.3 Å². The number of piperidine rings is 1. The van der Waals surface area contributed by atoms with Crippen LogP contribution < -0.4 is 19.2 Å². The minimum atomic E-state index is 0.426. The Balaban J connectivity index is 2.00. The molecule has 0 aliphatic carbocycles. The van der Waals surface area contributed by atoms with Crippen LogP contribution in [0.3, 0.4) is 0 Å². The minimum absolute atomic E-state index is 0.426. The molecule has 0 spiro atoms. The molecule has 2 heterocycles. The van der Waals surface area contributed by atoms with Crippen LogP contribution in [-0.4, -0.2) is 71.4 Å². The van der Waals surface area contributed by atoms with E-state index in [1.165, 1.54) is 19.3 Å². The fourth-order valence-corrected chi connectivity index (χ4v) is 4.91. The van der Waals surface area contributed by atoms with E-state index in [9.17, 15) is 0 Å². The fourth-order valence-electron chi connectivity index (χ4n) is 4.91. The molecule has 1 N–H and O–H groups in total. The Hall–Kier alpha value is -2.46. The second-order valence-electron chi connectivity index (χ2n) is 10.8. The van der Waals surface area contributed by atoms with Crippen molar-refractivity contribution < 1.29 is 0 Å². The highest BCUT2D eigenvalue weighted by molar-refractivity contribution is 5.66. The van der Waals surface area contributed by atoms with Crippen molar-refractivity contribution in [3.8, 4) is 12.3 Å². The van der Waals surface area contributed by atoms with Crippen molar-refractivity contribution in [3.63, 3.8) is 0 Å². The number of hydrogen-bond acceptors (Lipinski definition) is 4. The normalized spacial score (nSPS) is 18.0. The molecule has 0 saturated carbocycles. The van der Waals surface area contributed by atoms with Crippen LogP contribution in [0, 0.1) is 25.2 Å². The van der Waals surface area contributed by atoms with Crippen LogP contribution in [0.2, 0.25) is 0 Å². The lowest BCUT2D eigenvalue weighted by atomic mass is 9.92. The number of anilines is 1. The zero-order valence-corrected chi connectivity index (χ0v) is 21.8. The summed E-state index contributed by atoms with van der Waals surface area (Å²) < 4.78 is 1.13. The van der Waals surface area contributed by atoms with Crippen molar-refractivity contribution in [2.24, 2.45) is 5.92 Å². The molecule has 2 unspecified atom stereocenters. The van der Waals surface area contributed by atoms with Crippen LogP contribution in [0.1, 0.15) is 37.3 Å². The maximum atomic E-state index is 5.74. The van der Waals surface area contributed by atoms with Crippen molar-refractivity contribution in [3.05, 3.63) is 35.5 Å². The van der Waals surface area contributed by atoms with E-state index in [-0.39, 0.29) is 0 Å². The molecule has 2 aromatic rings. The molecule has 1 aliphatic heterocycles. The van der Waals surface area contributed by atoms with Gasteiger partial charge in [0.15, 0.2) is 0 Å². The van der Waals surface area contributed by atoms with Crippen molar-refractivity contribution >= 4 is 23.1 Å². The lowest BCUT2D eigenvalue weighted by molar-refractivity contribution is 0.245. The first-order valence-electron chi connectivity index (χ1n) is 12.0. The number of rotatable bonds is 7. The van der Waals surface area contributed by atoms with Gasteiger partial charge in [0.1, 0.15) is 11.4 Å². The van der Waals surface area contributed by atoms with Gasteiger partial charge in [0, 0.05) is 37.7 Å². The molecule has 6 heteroatoms.